The van der Waals surface area contributed by atoms with Crippen molar-refractivity contribution in [2.75, 3.05) is 0 Å². The monoisotopic (exact) mass is 135 g/mol. The Kier molecular flexibility index (Phi) is 2.05. The maximum Gasteiger partial charge on any atom is 0.0813 e. The Labute approximate surface area is 59.9 Å². The molecule has 1 aromatic heterocycles. The van der Waals surface area contributed by atoms with Gasteiger partial charge in [-0.3, -0.25) is 4.98 Å². The van der Waals surface area contributed by atoms with Gasteiger partial charge in [0.15, 0.2) is 0 Å². The third-order valence-corrected chi connectivity index (χ3v) is 1.28. The predicted molar refractivity (Wildman–Crippen MR) is 40.6 cm³/mol. The van der Waals surface area contributed by atoms with Crippen LogP contribution in [0.3, 0.4) is 0 Å². The van der Waals surface area contributed by atoms with Gasteiger partial charge < -0.3 is 5.11 Å². The SMILES string of the molecule is Cc1cccnc1/C=C\O. The molecule has 0 unspecified atom stereocenters. The molecule has 2 heteroatoms. The van der Waals surface area contributed by atoms with Gasteiger partial charge in [0.2, 0.25) is 0 Å². The van der Waals surface area contributed by atoms with Gasteiger partial charge in [-0.25, -0.2) is 0 Å². The number of aliphatic hydroxyl groups excluding tert-OH is 1. The average molecular weight is 135 g/mol. The van der Waals surface area contributed by atoms with E-state index in [2.05, 4.69) is 4.98 Å². The van der Waals surface area contributed by atoms with E-state index >= 15 is 0 Å². The summed E-state index contributed by atoms with van der Waals surface area (Å²) in [6, 6.07) is 3.81. The van der Waals surface area contributed by atoms with Gasteiger partial charge in [-0.05, 0) is 24.6 Å². The quantitative estimate of drug-likeness (QED) is 0.597. The lowest BCUT2D eigenvalue weighted by Crippen LogP contribution is -1.83. The fourth-order valence-corrected chi connectivity index (χ4v) is 0.743. The standard InChI is InChI=1S/C8H9NO/c1-7-3-2-5-9-8(7)4-6-10/h2-6,10H,1H3/b6-4-. The molecule has 0 amide bonds. The van der Waals surface area contributed by atoms with Gasteiger partial charge in [-0.1, -0.05) is 6.07 Å². The van der Waals surface area contributed by atoms with Crippen molar-refractivity contribution in [2.45, 2.75) is 6.92 Å². The fraction of sp³-hybridized carbons (Fsp3) is 0.125. The molecule has 0 saturated heterocycles. The molecule has 0 aliphatic heterocycles. The van der Waals surface area contributed by atoms with E-state index in [1.54, 1.807) is 12.3 Å². The van der Waals surface area contributed by atoms with Crippen molar-refractivity contribution < 1.29 is 5.11 Å². The number of hydrogen-bond acceptors (Lipinski definition) is 2. The van der Waals surface area contributed by atoms with Crippen LogP contribution in [0.25, 0.3) is 6.08 Å². The Morgan fingerprint density at radius 1 is 1.60 bits per heavy atom. The molecule has 0 aliphatic rings. The highest BCUT2D eigenvalue weighted by Gasteiger charge is 1.90. The molecule has 0 saturated carbocycles. The summed E-state index contributed by atoms with van der Waals surface area (Å²) in [5.41, 5.74) is 1.87. The molecule has 52 valence electrons. The summed E-state index contributed by atoms with van der Waals surface area (Å²) in [4.78, 5) is 4.02. The van der Waals surface area contributed by atoms with Crippen LogP contribution in [0.1, 0.15) is 11.3 Å². The molecule has 0 radical (unpaired) electrons. The first-order valence-corrected chi connectivity index (χ1v) is 3.07. The summed E-state index contributed by atoms with van der Waals surface area (Å²) in [6.07, 6.45) is 4.26. The molecule has 0 bridgehead atoms. The van der Waals surface area contributed by atoms with E-state index in [9.17, 15) is 0 Å². The number of aromatic nitrogens is 1. The van der Waals surface area contributed by atoms with Crippen LogP contribution in [0.15, 0.2) is 24.6 Å². The molecule has 2 nitrogen and oxygen atoms in total. The van der Waals surface area contributed by atoms with E-state index in [-0.39, 0.29) is 0 Å². The number of aryl methyl sites for hydroxylation is 1. The minimum atomic E-state index is 0.810. The number of pyridine rings is 1. The van der Waals surface area contributed by atoms with Gasteiger partial charge in [0, 0.05) is 6.20 Å². The first kappa shape index (κ1) is 6.81. The van der Waals surface area contributed by atoms with Gasteiger partial charge in [0.05, 0.1) is 12.0 Å². The first-order chi connectivity index (χ1) is 4.84. The zero-order valence-corrected chi connectivity index (χ0v) is 5.78. The van der Waals surface area contributed by atoms with Crippen LogP contribution in [-0.2, 0) is 0 Å². The van der Waals surface area contributed by atoms with Crippen LogP contribution in [0.2, 0.25) is 0 Å². The molecule has 10 heavy (non-hydrogen) atoms. The van der Waals surface area contributed by atoms with E-state index in [1.165, 1.54) is 0 Å². The van der Waals surface area contributed by atoms with Crippen molar-refractivity contribution in [3.05, 3.63) is 35.8 Å². The zero-order valence-electron chi connectivity index (χ0n) is 5.78. The minimum Gasteiger partial charge on any atom is -0.516 e. The third kappa shape index (κ3) is 1.35. The molecule has 1 aromatic rings. The van der Waals surface area contributed by atoms with Gasteiger partial charge in [0.1, 0.15) is 0 Å². The Bertz CT molecular complexity index is 243. The molecule has 0 fully saturated rings. The normalized spacial score (nSPS) is 10.5. The van der Waals surface area contributed by atoms with Gasteiger partial charge >= 0.3 is 0 Å². The van der Waals surface area contributed by atoms with Gasteiger partial charge in [-0.2, -0.15) is 0 Å². The summed E-state index contributed by atoms with van der Waals surface area (Å²) in [5.74, 6) is 0. The van der Waals surface area contributed by atoms with E-state index in [0.29, 0.717) is 0 Å². The Morgan fingerprint density at radius 2 is 2.40 bits per heavy atom. The van der Waals surface area contributed by atoms with Crippen LogP contribution in [-0.4, -0.2) is 10.1 Å². The Balaban J connectivity index is 3.03. The second-order valence-electron chi connectivity index (χ2n) is 2.02. The molecule has 1 heterocycles. The van der Waals surface area contributed by atoms with Crippen molar-refractivity contribution in [2.24, 2.45) is 0 Å². The van der Waals surface area contributed by atoms with Crippen LogP contribution in [0.5, 0.6) is 0 Å². The van der Waals surface area contributed by atoms with Crippen molar-refractivity contribution >= 4 is 6.08 Å². The fourth-order valence-electron chi connectivity index (χ4n) is 0.743. The second kappa shape index (κ2) is 3.01. The molecule has 0 atom stereocenters. The van der Waals surface area contributed by atoms with Crippen LogP contribution in [0, 0.1) is 6.92 Å². The second-order valence-corrected chi connectivity index (χ2v) is 2.02. The summed E-state index contributed by atoms with van der Waals surface area (Å²) in [7, 11) is 0. The molecule has 1 N–H and O–H groups in total. The molecular formula is C8H9NO. The maximum atomic E-state index is 8.42. The van der Waals surface area contributed by atoms with E-state index in [0.717, 1.165) is 17.5 Å². The first-order valence-electron chi connectivity index (χ1n) is 3.07. The van der Waals surface area contributed by atoms with E-state index in [1.807, 2.05) is 19.1 Å². The number of nitrogens with zero attached hydrogens (tertiary/aromatic N) is 1. The highest BCUT2D eigenvalue weighted by Crippen LogP contribution is 2.03. The van der Waals surface area contributed by atoms with Gasteiger partial charge in [-0.15, -0.1) is 0 Å². The number of hydrogen-bond donors (Lipinski definition) is 1. The summed E-state index contributed by atoms with van der Waals surface area (Å²) in [5, 5.41) is 8.42. The lowest BCUT2D eigenvalue weighted by Gasteiger charge is -1.94. The van der Waals surface area contributed by atoms with E-state index < -0.39 is 0 Å². The van der Waals surface area contributed by atoms with Crippen LogP contribution in [0.4, 0.5) is 0 Å². The minimum absolute atomic E-state index is 0.810. The van der Waals surface area contributed by atoms with Crippen molar-refractivity contribution in [3.63, 3.8) is 0 Å². The highest BCUT2D eigenvalue weighted by atomic mass is 16.2. The van der Waals surface area contributed by atoms with E-state index in [4.69, 9.17) is 5.11 Å². The largest absolute Gasteiger partial charge is 0.516 e. The average Bonchev–Trinajstić information content (AvgIpc) is 1.94. The van der Waals surface area contributed by atoms with Crippen molar-refractivity contribution in [3.8, 4) is 0 Å². The van der Waals surface area contributed by atoms with Crippen LogP contribution >= 0.6 is 0 Å². The number of rotatable bonds is 1. The van der Waals surface area contributed by atoms with Gasteiger partial charge in [0.25, 0.3) is 0 Å². The third-order valence-electron chi connectivity index (χ3n) is 1.28. The molecule has 0 aliphatic carbocycles. The Morgan fingerprint density at radius 3 is 3.00 bits per heavy atom. The maximum absolute atomic E-state index is 8.42. The van der Waals surface area contributed by atoms with Crippen LogP contribution < -0.4 is 0 Å². The molecular weight excluding hydrogens is 126 g/mol. The van der Waals surface area contributed by atoms with Crippen molar-refractivity contribution in [1.82, 2.24) is 4.98 Å². The smallest absolute Gasteiger partial charge is 0.0813 e. The van der Waals surface area contributed by atoms with Crippen molar-refractivity contribution in [1.29, 1.82) is 0 Å². The topological polar surface area (TPSA) is 33.1 Å². The summed E-state index contributed by atoms with van der Waals surface area (Å²) >= 11 is 0. The molecule has 1 rings (SSSR count). The zero-order chi connectivity index (χ0) is 7.40. The Hall–Kier alpha value is -1.31. The lowest BCUT2D eigenvalue weighted by molar-refractivity contribution is 0.478. The number of aliphatic hydroxyl groups is 1. The highest BCUT2D eigenvalue weighted by molar-refractivity contribution is 5.46. The summed E-state index contributed by atoms with van der Waals surface area (Å²) < 4.78 is 0. The predicted octanol–water partition coefficient (Wildman–Crippen LogP) is 1.92. The molecule has 0 aromatic carbocycles. The summed E-state index contributed by atoms with van der Waals surface area (Å²) in [6.45, 7) is 1.95. The molecule has 0 spiro atoms. The lowest BCUT2D eigenvalue weighted by atomic mass is 10.2.